The molecule has 4 rings (SSSR count). The Bertz CT molecular complexity index is 1450. The third-order valence-electron chi connectivity index (χ3n) is 5.33. The second-order valence-electron chi connectivity index (χ2n) is 7.89. The summed E-state index contributed by atoms with van der Waals surface area (Å²) in [6.45, 7) is 7.60. The van der Waals surface area contributed by atoms with E-state index in [0.29, 0.717) is 5.82 Å². The Morgan fingerprint density at radius 2 is 1.79 bits per heavy atom. The molecule has 2 heterocycles. The number of hydrogen-bond acceptors (Lipinski definition) is 5. The van der Waals surface area contributed by atoms with Gasteiger partial charge in [-0.15, -0.1) is 0 Å². The number of carbonyl (C=O) groups excluding carboxylic acids is 2. The van der Waals surface area contributed by atoms with Crippen LogP contribution in [0.1, 0.15) is 44.3 Å². The molecular formula is C25H22F2N4O3. The topological polar surface area (TPSA) is 86.1 Å². The molecule has 0 unspecified atom stereocenters. The third kappa shape index (κ3) is 4.24. The fraction of sp³-hybridized carbons (Fsp3) is 0.200. The highest BCUT2D eigenvalue weighted by molar-refractivity contribution is 6.07. The molecule has 174 valence electrons. The van der Waals surface area contributed by atoms with Gasteiger partial charge in [-0.05, 0) is 69.2 Å². The summed E-state index contributed by atoms with van der Waals surface area (Å²) in [7, 11) is 0. The number of halogens is 2. The summed E-state index contributed by atoms with van der Waals surface area (Å²) in [4.78, 5) is 30.1. The van der Waals surface area contributed by atoms with Crippen molar-refractivity contribution < 1.29 is 23.1 Å². The molecule has 9 heteroatoms. The van der Waals surface area contributed by atoms with E-state index < -0.39 is 29.1 Å². The van der Waals surface area contributed by atoms with Gasteiger partial charge in [0.15, 0.2) is 11.6 Å². The first-order valence-electron chi connectivity index (χ1n) is 10.6. The van der Waals surface area contributed by atoms with Crippen LogP contribution in [-0.4, -0.2) is 33.2 Å². The number of benzene rings is 2. The van der Waals surface area contributed by atoms with Crippen LogP contribution in [0.15, 0.2) is 42.6 Å². The summed E-state index contributed by atoms with van der Waals surface area (Å²) < 4.78 is 34.2. The Hall–Kier alpha value is -4.14. The lowest BCUT2D eigenvalue weighted by molar-refractivity contribution is 0.0527. The molecule has 0 spiro atoms. The van der Waals surface area contributed by atoms with E-state index in [1.165, 1.54) is 10.9 Å². The van der Waals surface area contributed by atoms with Gasteiger partial charge in [-0.25, -0.2) is 18.6 Å². The van der Waals surface area contributed by atoms with Gasteiger partial charge in [0.25, 0.3) is 5.91 Å². The largest absolute Gasteiger partial charge is 0.462 e. The molecule has 4 aromatic rings. The van der Waals surface area contributed by atoms with Crippen LogP contribution in [0.4, 0.5) is 14.6 Å². The molecule has 7 nitrogen and oxygen atoms in total. The monoisotopic (exact) mass is 464 g/mol. The molecule has 2 aromatic heterocycles. The first-order chi connectivity index (χ1) is 16.2. The smallest absolute Gasteiger partial charge is 0.343 e. The van der Waals surface area contributed by atoms with E-state index >= 15 is 0 Å². The molecule has 0 saturated heterocycles. The number of pyridine rings is 1. The van der Waals surface area contributed by atoms with Crippen molar-refractivity contribution in [2.24, 2.45) is 0 Å². The Balaban J connectivity index is 1.86. The van der Waals surface area contributed by atoms with Crippen LogP contribution < -0.4 is 5.32 Å². The van der Waals surface area contributed by atoms with Gasteiger partial charge in [0, 0.05) is 5.39 Å². The van der Waals surface area contributed by atoms with Gasteiger partial charge in [-0.3, -0.25) is 4.79 Å². The molecule has 0 aliphatic rings. The molecule has 0 radical (unpaired) electrons. The molecule has 34 heavy (non-hydrogen) atoms. The number of aryl methyl sites for hydroxylation is 3. The van der Waals surface area contributed by atoms with Crippen molar-refractivity contribution in [1.82, 2.24) is 14.8 Å². The normalized spacial score (nSPS) is 11.0. The first kappa shape index (κ1) is 23.0. The number of anilines is 1. The highest BCUT2D eigenvalue weighted by Crippen LogP contribution is 2.27. The fourth-order valence-electron chi connectivity index (χ4n) is 3.78. The van der Waals surface area contributed by atoms with E-state index in [9.17, 15) is 18.4 Å². The number of amides is 1. The minimum absolute atomic E-state index is 0.0489. The van der Waals surface area contributed by atoms with E-state index in [1.807, 2.05) is 32.9 Å². The van der Waals surface area contributed by atoms with Crippen LogP contribution in [-0.2, 0) is 4.74 Å². The lowest BCUT2D eigenvalue weighted by atomic mass is 10.0. The third-order valence-corrected chi connectivity index (χ3v) is 5.33. The highest BCUT2D eigenvalue weighted by atomic mass is 19.1. The van der Waals surface area contributed by atoms with E-state index in [0.717, 1.165) is 45.8 Å². The molecule has 0 aliphatic carbocycles. The Kier molecular flexibility index (Phi) is 6.10. The fourth-order valence-corrected chi connectivity index (χ4v) is 3.78. The van der Waals surface area contributed by atoms with Crippen LogP contribution in [0.2, 0.25) is 0 Å². The van der Waals surface area contributed by atoms with Crippen molar-refractivity contribution >= 4 is 28.6 Å². The predicted octanol–water partition coefficient (Wildman–Crippen LogP) is 5.05. The van der Waals surface area contributed by atoms with Gasteiger partial charge in [0.05, 0.1) is 23.9 Å². The number of nitrogens with zero attached hydrogens (tertiary/aromatic N) is 3. The number of nitrogens with one attached hydrogen (secondary N) is 1. The summed E-state index contributed by atoms with van der Waals surface area (Å²) >= 11 is 0. The minimum atomic E-state index is -0.950. The SMILES string of the molecule is CCOC(=O)c1cnn(-c2cc(C)c3cc(C)cc(C)c3n2)c1NC(=O)c1cc(F)ccc1F. The van der Waals surface area contributed by atoms with Crippen LogP contribution in [0.5, 0.6) is 0 Å². The predicted molar refractivity (Wildman–Crippen MR) is 123 cm³/mol. The molecular weight excluding hydrogens is 442 g/mol. The molecule has 0 saturated carbocycles. The average Bonchev–Trinajstić information content (AvgIpc) is 3.19. The van der Waals surface area contributed by atoms with E-state index in [4.69, 9.17) is 9.72 Å². The minimum Gasteiger partial charge on any atom is -0.462 e. The zero-order valence-corrected chi connectivity index (χ0v) is 19.1. The molecule has 0 bridgehead atoms. The summed E-state index contributed by atoms with van der Waals surface area (Å²) in [5.74, 6) is -3.09. The maximum Gasteiger partial charge on any atom is 0.343 e. The summed E-state index contributed by atoms with van der Waals surface area (Å²) in [6.07, 6.45) is 1.23. The van der Waals surface area contributed by atoms with Crippen LogP contribution in [0.3, 0.4) is 0 Å². The lowest BCUT2D eigenvalue weighted by Crippen LogP contribution is -2.19. The highest BCUT2D eigenvalue weighted by Gasteiger charge is 2.24. The maximum atomic E-state index is 14.2. The summed E-state index contributed by atoms with van der Waals surface area (Å²) in [5, 5.41) is 7.69. The number of rotatable bonds is 5. The van der Waals surface area contributed by atoms with Crippen molar-refractivity contribution in [2.45, 2.75) is 27.7 Å². The number of carbonyl (C=O) groups is 2. The van der Waals surface area contributed by atoms with Crippen molar-refractivity contribution in [2.75, 3.05) is 11.9 Å². The average molecular weight is 464 g/mol. The van der Waals surface area contributed by atoms with E-state index in [2.05, 4.69) is 10.4 Å². The number of aromatic nitrogens is 3. The van der Waals surface area contributed by atoms with Crippen molar-refractivity contribution in [3.05, 3.63) is 82.0 Å². The Morgan fingerprint density at radius 1 is 1.03 bits per heavy atom. The van der Waals surface area contributed by atoms with E-state index in [-0.39, 0.29) is 18.0 Å². The van der Waals surface area contributed by atoms with Gasteiger partial charge in [0.2, 0.25) is 0 Å². The zero-order valence-electron chi connectivity index (χ0n) is 19.1. The van der Waals surface area contributed by atoms with Crippen LogP contribution in [0.25, 0.3) is 16.7 Å². The standard InChI is InChI=1S/C25H22F2N4O3/c1-5-34-25(33)19-12-28-31(23(19)30-24(32)18-11-16(26)6-7-20(18)27)21-10-14(3)17-9-13(2)8-15(4)22(17)29-21/h6-12H,5H2,1-4H3,(H,30,32). The van der Waals surface area contributed by atoms with E-state index in [1.54, 1.807) is 13.0 Å². The molecule has 1 N–H and O–H groups in total. The molecule has 1 amide bonds. The van der Waals surface area contributed by atoms with Gasteiger partial charge in [-0.1, -0.05) is 11.6 Å². The maximum absolute atomic E-state index is 14.2. The Morgan fingerprint density at radius 3 is 2.53 bits per heavy atom. The number of esters is 1. The van der Waals surface area contributed by atoms with Crippen molar-refractivity contribution in [3.63, 3.8) is 0 Å². The molecule has 0 fully saturated rings. The lowest BCUT2D eigenvalue weighted by Gasteiger charge is -2.13. The molecule has 0 atom stereocenters. The zero-order chi connectivity index (χ0) is 24.6. The van der Waals surface area contributed by atoms with Gasteiger partial charge in [0.1, 0.15) is 17.2 Å². The number of hydrogen-bond donors (Lipinski definition) is 1. The Labute approximate surface area is 194 Å². The number of ether oxygens (including phenoxy) is 1. The second-order valence-corrected chi connectivity index (χ2v) is 7.89. The van der Waals surface area contributed by atoms with Crippen LogP contribution >= 0.6 is 0 Å². The van der Waals surface area contributed by atoms with Crippen LogP contribution in [0, 0.1) is 32.4 Å². The van der Waals surface area contributed by atoms with Crippen molar-refractivity contribution in [3.8, 4) is 5.82 Å². The molecule has 2 aromatic carbocycles. The number of fused-ring (bicyclic) bond motifs is 1. The first-order valence-corrected chi connectivity index (χ1v) is 10.6. The van der Waals surface area contributed by atoms with Gasteiger partial charge >= 0.3 is 5.97 Å². The quantitative estimate of drug-likeness (QED) is 0.418. The van der Waals surface area contributed by atoms with Gasteiger partial charge in [-0.2, -0.15) is 9.78 Å². The summed E-state index contributed by atoms with van der Waals surface area (Å²) in [5.41, 5.74) is 3.13. The van der Waals surface area contributed by atoms with Crippen molar-refractivity contribution in [1.29, 1.82) is 0 Å². The second kappa shape index (κ2) is 9.01. The summed E-state index contributed by atoms with van der Waals surface area (Å²) in [6, 6.07) is 8.33. The van der Waals surface area contributed by atoms with Gasteiger partial charge < -0.3 is 10.1 Å². The molecule has 0 aliphatic heterocycles.